The van der Waals surface area contributed by atoms with Gasteiger partial charge < -0.3 is 4.90 Å². The summed E-state index contributed by atoms with van der Waals surface area (Å²) in [5.74, 6) is 0.994. The Kier molecular flexibility index (Phi) is 3.04. The molecule has 1 heterocycles. The van der Waals surface area contributed by atoms with Crippen LogP contribution < -0.4 is 4.90 Å². The Morgan fingerprint density at radius 3 is 2.81 bits per heavy atom. The lowest BCUT2D eigenvalue weighted by atomic mass is 10.2. The first-order valence-electron chi connectivity index (χ1n) is 5.57. The Morgan fingerprint density at radius 1 is 1.62 bits per heavy atom. The lowest BCUT2D eigenvalue weighted by Crippen LogP contribution is -2.26. The molecule has 3 nitrogen and oxygen atoms in total. The lowest BCUT2D eigenvalue weighted by Gasteiger charge is -2.21. The molecule has 1 aliphatic rings. The van der Waals surface area contributed by atoms with Gasteiger partial charge in [-0.1, -0.05) is 6.08 Å². The van der Waals surface area contributed by atoms with Gasteiger partial charge in [0.2, 0.25) is 0 Å². The van der Waals surface area contributed by atoms with E-state index in [1.165, 1.54) is 12.8 Å². The number of aromatic nitrogens is 1. The third-order valence-corrected chi connectivity index (χ3v) is 2.76. The number of pyridine rings is 1. The Morgan fingerprint density at radius 2 is 2.38 bits per heavy atom. The molecule has 0 N–H and O–H groups in total. The van der Waals surface area contributed by atoms with Crippen molar-refractivity contribution in [3.8, 4) is 0 Å². The predicted octanol–water partition coefficient (Wildman–Crippen LogP) is 2.44. The molecule has 3 heteroatoms. The minimum Gasteiger partial charge on any atom is -0.350 e. The molecule has 1 aromatic rings. The van der Waals surface area contributed by atoms with Crippen molar-refractivity contribution in [1.29, 1.82) is 0 Å². The summed E-state index contributed by atoms with van der Waals surface area (Å²) < 4.78 is 0. The molecule has 0 amide bonds. The number of carbonyl (C=O) groups excluding carboxylic acids is 1. The second kappa shape index (κ2) is 4.47. The average Bonchev–Trinajstić information content (AvgIpc) is 3.10. The normalized spacial score (nSPS) is 14.6. The van der Waals surface area contributed by atoms with E-state index < -0.39 is 0 Å². The summed E-state index contributed by atoms with van der Waals surface area (Å²) in [7, 11) is 0. The number of hydrogen-bond acceptors (Lipinski definition) is 3. The van der Waals surface area contributed by atoms with E-state index >= 15 is 0 Å². The van der Waals surface area contributed by atoms with Crippen LogP contribution in [0.1, 0.15) is 30.1 Å². The van der Waals surface area contributed by atoms with E-state index in [0.717, 1.165) is 12.4 Å². The largest absolute Gasteiger partial charge is 0.350 e. The highest BCUT2D eigenvalue weighted by atomic mass is 16.1. The first kappa shape index (κ1) is 10.9. The predicted molar refractivity (Wildman–Crippen MR) is 64.8 cm³/mol. The van der Waals surface area contributed by atoms with Crippen LogP contribution in [0.3, 0.4) is 0 Å². The zero-order chi connectivity index (χ0) is 11.5. The van der Waals surface area contributed by atoms with Crippen molar-refractivity contribution in [2.24, 2.45) is 0 Å². The Balaban J connectivity index is 2.17. The van der Waals surface area contributed by atoms with Crippen LogP contribution in [-0.4, -0.2) is 23.4 Å². The van der Waals surface area contributed by atoms with Gasteiger partial charge in [0, 0.05) is 24.3 Å². The van der Waals surface area contributed by atoms with E-state index in [2.05, 4.69) is 16.5 Å². The molecule has 1 aromatic heterocycles. The fourth-order valence-corrected chi connectivity index (χ4v) is 1.72. The van der Waals surface area contributed by atoms with Crippen molar-refractivity contribution in [1.82, 2.24) is 4.98 Å². The summed E-state index contributed by atoms with van der Waals surface area (Å²) in [6, 6.07) is 4.36. The first-order chi connectivity index (χ1) is 7.72. The number of anilines is 1. The van der Waals surface area contributed by atoms with Crippen LogP contribution in [0.25, 0.3) is 0 Å². The van der Waals surface area contributed by atoms with Crippen LogP contribution in [-0.2, 0) is 0 Å². The van der Waals surface area contributed by atoms with E-state index in [-0.39, 0.29) is 5.78 Å². The molecule has 0 aliphatic heterocycles. The second-order valence-electron chi connectivity index (χ2n) is 4.13. The molecular weight excluding hydrogens is 200 g/mol. The van der Waals surface area contributed by atoms with Crippen molar-refractivity contribution in [3.63, 3.8) is 0 Å². The monoisotopic (exact) mass is 216 g/mol. The summed E-state index contributed by atoms with van der Waals surface area (Å²) in [6.07, 6.45) is 5.99. The smallest absolute Gasteiger partial charge is 0.161 e. The van der Waals surface area contributed by atoms with Gasteiger partial charge in [-0.05, 0) is 31.9 Å². The summed E-state index contributed by atoms with van der Waals surface area (Å²) in [5.41, 5.74) is 0.665. The standard InChI is InChI=1S/C13H16N2O/c1-3-8-15(12-5-6-12)13-7-4-11(9-14-13)10(2)16/h3-4,7,9,12H,1,5-6,8H2,2H3. The fourth-order valence-electron chi connectivity index (χ4n) is 1.72. The van der Waals surface area contributed by atoms with Crippen LogP contribution in [0, 0.1) is 0 Å². The highest BCUT2D eigenvalue weighted by Gasteiger charge is 2.29. The van der Waals surface area contributed by atoms with Crippen LogP contribution in [0.15, 0.2) is 31.0 Å². The van der Waals surface area contributed by atoms with E-state index in [9.17, 15) is 4.79 Å². The van der Waals surface area contributed by atoms with Gasteiger partial charge >= 0.3 is 0 Å². The third-order valence-electron chi connectivity index (χ3n) is 2.76. The zero-order valence-electron chi connectivity index (χ0n) is 9.52. The minimum absolute atomic E-state index is 0.0562. The summed E-state index contributed by atoms with van der Waals surface area (Å²) >= 11 is 0. The van der Waals surface area contributed by atoms with Gasteiger partial charge in [-0.3, -0.25) is 4.79 Å². The number of carbonyl (C=O) groups is 1. The zero-order valence-corrected chi connectivity index (χ0v) is 9.52. The van der Waals surface area contributed by atoms with Crippen molar-refractivity contribution in [3.05, 3.63) is 36.5 Å². The molecular formula is C13H16N2O. The maximum atomic E-state index is 11.1. The quantitative estimate of drug-likeness (QED) is 0.560. The average molecular weight is 216 g/mol. The second-order valence-corrected chi connectivity index (χ2v) is 4.13. The molecule has 1 saturated carbocycles. The van der Waals surface area contributed by atoms with Crippen molar-refractivity contribution < 1.29 is 4.79 Å². The first-order valence-corrected chi connectivity index (χ1v) is 5.57. The molecule has 0 saturated heterocycles. The van der Waals surface area contributed by atoms with Gasteiger partial charge in [0.15, 0.2) is 5.78 Å². The highest BCUT2D eigenvalue weighted by Crippen LogP contribution is 2.30. The van der Waals surface area contributed by atoms with Crippen LogP contribution in [0.5, 0.6) is 0 Å². The van der Waals surface area contributed by atoms with Crippen molar-refractivity contribution in [2.75, 3.05) is 11.4 Å². The number of nitrogens with zero attached hydrogens (tertiary/aromatic N) is 2. The number of ketones is 1. The molecule has 16 heavy (non-hydrogen) atoms. The Labute approximate surface area is 95.8 Å². The Bertz CT molecular complexity index is 393. The molecule has 0 atom stereocenters. The molecule has 0 aromatic carbocycles. The molecule has 1 fully saturated rings. The van der Waals surface area contributed by atoms with Gasteiger partial charge in [-0.2, -0.15) is 0 Å². The lowest BCUT2D eigenvalue weighted by molar-refractivity contribution is 0.101. The maximum Gasteiger partial charge on any atom is 0.161 e. The van der Waals surface area contributed by atoms with Crippen molar-refractivity contribution >= 4 is 11.6 Å². The molecule has 0 radical (unpaired) electrons. The fraction of sp³-hybridized carbons (Fsp3) is 0.385. The van der Waals surface area contributed by atoms with E-state index in [0.29, 0.717) is 11.6 Å². The molecule has 84 valence electrons. The summed E-state index contributed by atoms with van der Waals surface area (Å²) in [6.45, 7) is 6.13. The molecule has 0 bridgehead atoms. The van der Waals surface area contributed by atoms with Gasteiger partial charge in [0.25, 0.3) is 0 Å². The topological polar surface area (TPSA) is 33.2 Å². The summed E-state index contributed by atoms with van der Waals surface area (Å²) in [4.78, 5) is 17.7. The number of hydrogen-bond donors (Lipinski definition) is 0. The van der Waals surface area contributed by atoms with Crippen LogP contribution in [0.2, 0.25) is 0 Å². The molecule has 1 aliphatic carbocycles. The van der Waals surface area contributed by atoms with Gasteiger partial charge in [0.05, 0.1) is 0 Å². The summed E-state index contributed by atoms with van der Waals surface area (Å²) in [5, 5.41) is 0. The SMILES string of the molecule is C=CCN(c1ccc(C(C)=O)cn1)C1CC1. The van der Waals surface area contributed by atoms with E-state index in [4.69, 9.17) is 0 Å². The minimum atomic E-state index is 0.0562. The van der Waals surface area contributed by atoms with Gasteiger partial charge in [-0.15, -0.1) is 6.58 Å². The van der Waals surface area contributed by atoms with Crippen LogP contribution >= 0.6 is 0 Å². The Hall–Kier alpha value is -1.64. The number of Topliss-reactive ketones (excluding diaryl/α,β-unsaturated/α-hetero) is 1. The van der Waals surface area contributed by atoms with Crippen LogP contribution in [0.4, 0.5) is 5.82 Å². The van der Waals surface area contributed by atoms with Gasteiger partial charge in [-0.25, -0.2) is 4.98 Å². The molecule has 0 unspecified atom stereocenters. The third kappa shape index (κ3) is 2.30. The molecule has 0 spiro atoms. The number of rotatable bonds is 5. The van der Waals surface area contributed by atoms with Gasteiger partial charge in [0.1, 0.15) is 5.82 Å². The van der Waals surface area contributed by atoms with E-state index in [1.54, 1.807) is 13.1 Å². The van der Waals surface area contributed by atoms with E-state index in [1.807, 2.05) is 18.2 Å². The molecule has 2 rings (SSSR count). The maximum absolute atomic E-state index is 11.1. The highest BCUT2D eigenvalue weighted by molar-refractivity contribution is 5.93. The van der Waals surface area contributed by atoms with Crippen molar-refractivity contribution in [2.45, 2.75) is 25.8 Å².